The number of imidazole rings is 1. The number of halogens is 2. The predicted molar refractivity (Wildman–Crippen MR) is 140 cm³/mol. The Bertz CT molecular complexity index is 1200. The molecule has 0 amide bonds. The molecule has 4 heterocycles. The number of nitrogens with one attached hydrogen (secondary N) is 1. The van der Waals surface area contributed by atoms with Gasteiger partial charge in [0.15, 0.2) is 5.82 Å². The first-order chi connectivity index (χ1) is 18.2. The standard InChI is InChI=1S/C27H35F2N7O/c28-25(29)26-31-21-5-1-2-6-22(21)36(26)24-17-23(35-13-15-37-16-14-35)32-27(33-24)30-18-19-7-9-20(10-8-19)34-11-3-4-12-34/h1-2,5-6,17,19-20,25H,3-4,7-16,18H2,(H,30,32,33). The van der Waals surface area contributed by atoms with Gasteiger partial charge in [0.2, 0.25) is 5.95 Å². The fourth-order valence-corrected chi connectivity index (χ4v) is 6.06. The summed E-state index contributed by atoms with van der Waals surface area (Å²) in [7, 11) is 0. The molecule has 1 N–H and O–H groups in total. The largest absolute Gasteiger partial charge is 0.378 e. The molecule has 0 bridgehead atoms. The summed E-state index contributed by atoms with van der Waals surface area (Å²) in [6.07, 6.45) is 4.80. The molecule has 2 aliphatic heterocycles. The van der Waals surface area contributed by atoms with E-state index in [1.807, 2.05) is 6.07 Å². The Morgan fingerprint density at radius 2 is 1.65 bits per heavy atom. The summed E-state index contributed by atoms with van der Waals surface area (Å²) in [5.41, 5.74) is 1.13. The van der Waals surface area contributed by atoms with Crippen molar-refractivity contribution in [3.05, 3.63) is 36.2 Å². The minimum atomic E-state index is -2.73. The van der Waals surface area contributed by atoms with Gasteiger partial charge in [0, 0.05) is 31.7 Å². The molecule has 3 aliphatic rings. The number of nitrogens with zero attached hydrogens (tertiary/aromatic N) is 6. The van der Waals surface area contributed by atoms with Gasteiger partial charge < -0.3 is 19.9 Å². The number of para-hydroxylation sites is 2. The summed E-state index contributed by atoms with van der Waals surface area (Å²) in [6, 6.07) is 9.71. The molecule has 6 rings (SSSR count). The van der Waals surface area contributed by atoms with Crippen molar-refractivity contribution in [2.45, 2.75) is 51.0 Å². The normalized spacial score (nSPS) is 23.3. The van der Waals surface area contributed by atoms with Crippen LogP contribution in [0.4, 0.5) is 20.5 Å². The van der Waals surface area contributed by atoms with E-state index in [-0.39, 0.29) is 5.82 Å². The summed E-state index contributed by atoms with van der Waals surface area (Å²) < 4.78 is 35.1. The van der Waals surface area contributed by atoms with Crippen molar-refractivity contribution in [3.63, 3.8) is 0 Å². The van der Waals surface area contributed by atoms with Crippen LogP contribution in [0.15, 0.2) is 30.3 Å². The van der Waals surface area contributed by atoms with E-state index in [0.717, 1.165) is 12.6 Å². The molecule has 1 aromatic carbocycles. The van der Waals surface area contributed by atoms with E-state index in [4.69, 9.17) is 14.7 Å². The number of morpholine rings is 1. The lowest BCUT2D eigenvalue weighted by molar-refractivity contribution is 0.122. The average molecular weight is 512 g/mol. The lowest BCUT2D eigenvalue weighted by atomic mass is 9.85. The molecule has 198 valence electrons. The molecular formula is C27H35F2N7O. The van der Waals surface area contributed by atoms with Gasteiger partial charge in [-0.25, -0.2) is 13.8 Å². The maximum Gasteiger partial charge on any atom is 0.296 e. The van der Waals surface area contributed by atoms with Crippen LogP contribution in [-0.2, 0) is 4.74 Å². The first-order valence-electron chi connectivity index (χ1n) is 13.6. The zero-order valence-corrected chi connectivity index (χ0v) is 21.2. The Labute approximate surface area is 216 Å². The summed E-state index contributed by atoms with van der Waals surface area (Å²) in [4.78, 5) is 18.5. The van der Waals surface area contributed by atoms with Gasteiger partial charge in [-0.2, -0.15) is 9.97 Å². The Morgan fingerprint density at radius 1 is 0.919 bits per heavy atom. The van der Waals surface area contributed by atoms with Crippen LogP contribution in [0.1, 0.15) is 50.8 Å². The number of fused-ring (bicyclic) bond motifs is 1. The van der Waals surface area contributed by atoms with Gasteiger partial charge in [0.25, 0.3) is 6.43 Å². The molecule has 1 aliphatic carbocycles. The number of ether oxygens (including phenoxy) is 1. The predicted octanol–water partition coefficient (Wildman–Crippen LogP) is 4.66. The zero-order valence-electron chi connectivity index (χ0n) is 21.2. The molecule has 3 fully saturated rings. The van der Waals surface area contributed by atoms with Crippen molar-refractivity contribution in [3.8, 4) is 5.82 Å². The molecule has 0 atom stereocenters. The van der Waals surface area contributed by atoms with E-state index >= 15 is 0 Å². The summed E-state index contributed by atoms with van der Waals surface area (Å²) >= 11 is 0. The van der Waals surface area contributed by atoms with Gasteiger partial charge >= 0.3 is 0 Å². The Kier molecular flexibility index (Phi) is 7.19. The minimum Gasteiger partial charge on any atom is -0.378 e. The van der Waals surface area contributed by atoms with E-state index in [2.05, 4.69) is 20.1 Å². The quantitative estimate of drug-likeness (QED) is 0.495. The van der Waals surface area contributed by atoms with Crippen molar-refractivity contribution in [2.75, 3.05) is 56.2 Å². The van der Waals surface area contributed by atoms with Crippen LogP contribution >= 0.6 is 0 Å². The van der Waals surface area contributed by atoms with Crippen LogP contribution < -0.4 is 10.2 Å². The number of likely N-dealkylation sites (tertiary alicyclic amines) is 1. The van der Waals surface area contributed by atoms with Crippen molar-refractivity contribution < 1.29 is 13.5 Å². The van der Waals surface area contributed by atoms with Crippen LogP contribution in [-0.4, -0.2) is 76.4 Å². The molecule has 0 unspecified atom stereocenters. The number of benzene rings is 1. The fourth-order valence-electron chi connectivity index (χ4n) is 6.06. The summed E-state index contributed by atoms with van der Waals surface area (Å²) in [5, 5.41) is 3.46. The first kappa shape index (κ1) is 24.5. The third-order valence-corrected chi connectivity index (χ3v) is 8.07. The number of hydrogen-bond acceptors (Lipinski definition) is 7. The monoisotopic (exact) mass is 511 g/mol. The molecule has 37 heavy (non-hydrogen) atoms. The maximum atomic E-state index is 14.1. The smallest absolute Gasteiger partial charge is 0.296 e. The molecular weight excluding hydrogens is 476 g/mol. The number of aromatic nitrogens is 4. The highest BCUT2D eigenvalue weighted by Crippen LogP contribution is 2.31. The number of rotatable bonds is 7. The number of hydrogen-bond donors (Lipinski definition) is 1. The van der Waals surface area contributed by atoms with Gasteiger partial charge in [-0.1, -0.05) is 12.1 Å². The second-order valence-electron chi connectivity index (χ2n) is 10.4. The van der Waals surface area contributed by atoms with Crippen LogP contribution in [0, 0.1) is 5.92 Å². The lowest BCUT2D eigenvalue weighted by Crippen LogP contribution is -2.37. The molecule has 0 spiro atoms. The van der Waals surface area contributed by atoms with E-state index in [1.165, 1.54) is 56.2 Å². The minimum absolute atomic E-state index is 0.306. The molecule has 8 nitrogen and oxygen atoms in total. The summed E-state index contributed by atoms with van der Waals surface area (Å²) in [5.74, 6) is 1.84. The van der Waals surface area contributed by atoms with Crippen molar-refractivity contribution >= 4 is 22.8 Å². The molecule has 10 heteroatoms. The van der Waals surface area contributed by atoms with Crippen LogP contribution in [0.5, 0.6) is 0 Å². The lowest BCUT2D eigenvalue weighted by Gasteiger charge is -2.34. The average Bonchev–Trinajstić information content (AvgIpc) is 3.61. The van der Waals surface area contributed by atoms with E-state index < -0.39 is 6.43 Å². The maximum absolute atomic E-state index is 14.1. The van der Waals surface area contributed by atoms with E-state index in [1.54, 1.807) is 24.3 Å². The van der Waals surface area contributed by atoms with Crippen LogP contribution in [0.2, 0.25) is 0 Å². The second kappa shape index (κ2) is 10.9. The number of alkyl halides is 2. The third kappa shape index (κ3) is 5.27. The molecule has 1 saturated carbocycles. The van der Waals surface area contributed by atoms with Crippen molar-refractivity contribution in [1.29, 1.82) is 0 Å². The van der Waals surface area contributed by atoms with Gasteiger partial charge in [0.05, 0.1) is 24.2 Å². The molecule has 2 aromatic heterocycles. The van der Waals surface area contributed by atoms with Gasteiger partial charge in [-0.15, -0.1) is 0 Å². The van der Waals surface area contributed by atoms with Crippen LogP contribution in [0.25, 0.3) is 16.9 Å². The second-order valence-corrected chi connectivity index (χ2v) is 10.4. The molecule has 3 aromatic rings. The van der Waals surface area contributed by atoms with Gasteiger partial charge in [-0.05, 0) is 69.7 Å². The Morgan fingerprint density at radius 3 is 2.41 bits per heavy atom. The highest BCUT2D eigenvalue weighted by atomic mass is 19.3. The molecule has 2 saturated heterocycles. The third-order valence-electron chi connectivity index (χ3n) is 8.07. The highest BCUT2D eigenvalue weighted by molar-refractivity contribution is 5.78. The van der Waals surface area contributed by atoms with E-state index in [9.17, 15) is 8.78 Å². The first-order valence-corrected chi connectivity index (χ1v) is 13.6. The van der Waals surface area contributed by atoms with E-state index in [0.29, 0.717) is 60.8 Å². The Hall–Kier alpha value is -2.85. The SMILES string of the molecule is FC(F)c1nc2ccccc2n1-c1cc(N2CCOCC2)nc(NCC2CCC(N3CCCC3)CC2)n1. The van der Waals surface area contributed by atoms with Gasteiger partial charge in [-0.3, -0.25) is 4.57 Å². The van der Waals surface area contributed by atoms with Crippen molar-refractivity contribution in [1.82, 2.24) is 24.4 Å². The molecule has 0 radical (unpaired) electrons. The summed E-state index contributed by atoms with van der Waals surface area (Å²) in [6.45, 7) is 5.90. The topological polar surface area (TPSA) is 71.3 Å². The van der Waals surface area contributed by atoms with Gasteiger partial charge in [0.1, 0.15) is 11.6 Å². The Balaban J connectivity index is 1.26. The zero-order chi connectivity index (χ0) is 25.2. The number of anilines is 2. The highest BCUT2D eigenvalue weighted by Gasteiger charge is 2.28. The fraction of sp³-hybridized carbons (Fsp3) is 0.593. The van der Waals surface area contributed by atoms with Crippen LogP contribution in [0.3, 0.4) is 0 Å². The van der Waals surface area contributed by atoms with Crippen molar-refractivity contribution in [2.24, 2.45) is 5.92 Å².